The zero-order chi connectivity index (χ0) is 90.1. The van der Waals surface area contributed by atoms with Gasteiger partial charge in [-0.2, -0.15) is 0 Å². The van der Waals surface area contributed by atoms with Crippen LogP contribution in [0.1, 0.15) is 179 Å². The molecule has 3 aliphatic rings. The second kappa shape index (κ2) is 47.9. The maximum atomic E-state index is 14.0. The smallest absolute Gasteiger partial charge is 0.239 e. The fraction of sp³-hybridized carbons (Fsp3) is 0.306. The number of Topliss-reactive ketones (excluding diaryl/α,β-unsaturated/α-hetero) is 3. The number of nitrogens with two attached hydrogens (primary N) is 6. The van der Waals surface area contributed by atoms with Gasteiger partial charge in [-0.25, -0.2) is 0 Å². The molecule has 21 nitrogen and oxygen atoms in total. The van der Waals surface area contributed by atoms with Gasteiger partial charge in [-0.3, -0.25) is 43.7 Å². The van der Waals surface area contributed by atoms with Gasteiger partial charge in [0.2, 0.25) is 17.7 Å². The maximum Gasteiger partial charge on any atom is 0.239 e. The Labute approximate surface area is 758 Å². The Bertz CT molecular complexity index is 5040. The standard InChI is InChI=1S/3C36H41N5O2/c3*37-36(38)39-22-9-16-33-35(43)41(25-32(27-11-3-1-4-12-27)28-13-5-2-6-14-28)23-21-31(40-33)19-20-34(42)30-18-17-26-10-7-8-15-29(26)24-30/h3*1-8,10-15,17-18,24,31-33,40H,9,16,19-23,25H2,(H4,37,38,39)/t31-,33+;2*31-,33-/m010/s1. The van der Waals surface area contributed by atoms with Crippen molar-refractivity contribution in [2.75, 3.05) is 58.9 Å². The molecule has 12 aromatic carbocycles. The lowest BCUT2D eigenvalue weighted by atomic mass is 9.90. The molecule has 0 saturated carbocycles. The van der Waals surface area contributed by atoms with Gasteiger partial charge in [0.25, 0.3) is 0 Å². The van der Waals surface area contributed by atoms with Crippen molar-refractivity contribution in [2.24, 2.45) is 49.4 Å². The van der Waals surface area contributed by atoms with Gasteiger partial charge in [0.1, 0.15) is 0 Å². The summed E-state index contributed by atoms with van der Waals surface area (Å²) in [5, 5.41) is 17.4. The third kappa shape index (κ3) is 27.5. The van der Waals surface area contributed by atoms with Crippen LogP contribution in [-0.2, 0) is 14.4 Å². The molecule has 21 heteroatoms. The largest absolute Gasteiger partial charge is 0.370 e. The molecule has 15 N–H and O–H groups in total. The summed E-state index contributed by atoms with van der Waals surface area (Å²) in [5.74, 6) is 0.965. The van der Waals surface area contributed by atoms with E-state index < -0.39 is 0 Å². The van der Waals surface area contributed by atoms with Crippen LogP contribution in [0, 0.1) is 0 Å². The van der Waals surface area contributed by atoms with E-state index in [0.29, 0.717) is 136 Å². The van der Waals surface area contributed by atoms with Gasteiger partial charge in [0, 0.05) is 131 Å². The molecule has 3 amide bonds. The summed E-state index contributed by atoms with van der Waals surface area (Å²) in [7, 11) is 0. The minimum Gasteiger partial charge on any atom is -0.370 e. The van der Waals surface area contributed by atoms with Gasteiger partial charge in [-0.15, -0.1) is 0 Å². The van der Waals surface area contributed by atoms with Crippen LogP contribution < -0.4 is 50.4 Å². The molecule has 0 spiro atoms. The molecule has 0 aromatic heterocycles. The highest BCUT2D eigenvalue weighted by molar-refractivity contribution is 6.02. The van der Waals surface area contributed by atoms with Gasteiger partial charge in [0.15, 0.2) is 35.2 Å². The lowest BCUT2D eigenvalue weighted by Crippen LogP contribution is -2.46. The van der Waals surface area contributed by atoms with Crippen LogP contribution in [0.4, 0.5) is 0 Å². The van der Waals surface area contributed by atoms with Crippen LogP contribution in [0.25, 0.3) is 32.3 Å². The Hall–Kier alpha value is -13.5. The summed E-state index contributed by atoms with van der Waals surface area (Å²) < 4.78 is 0. The van der Waals surface area contributed by atoms with Crippen LogP contribution >= 0.6 is 0 Å². The van der Waals surface area contributed by atoms with Crippen molar-refractivity contribution in [1.82, 2.24) is 30.7 Å². The summed E-state index contributed by atoms with van der Waals surface area (Å²) in [6.07, 6.45) is 9.45. The molecular formula is C108H123N15O6. The SMILES string of the molecule is NC(N)=NCCC[C@@H]1N[C@@H](CCC(=O)c2ccc3ccccc3c2)CCN(CC(c2ccccc2)c2ccccc2)C1=O.NC(N)=NCCC[C@H]1N[C@@H](CCC(=O)c2ccc3ccccc3c2)CCN(CC(c2ccccc2)c2ccccc2)C1=O.NC(N)=NCCC[C@H]1N[C@H](CCC(=O)c2ccc3ccccc3c2)CCN(CC(c2ccccc2)c2ccccc2)C1=O. The van der Waals surface area contributed by atoms with Crippen molar-refractivity contribution < 1.29 is 28.8 Å². The van der Waals surface area contributed by atoms with E-state index in [2.05, 4.69) is 122 Å². The average Bonchev–Trinajstić information content (AvgIpc) is 1.76. The molecule has 15 rings (SSSR count). The summed E-state index contributed by atoms with van der Waals surface area (Å²) in [5.41, 5.74) is 42.4. The molecule has 12 aromatic rings. The minimum absolute atomic E-state index is 0.0401. The summed E-state index contributed by atoms with van der Waals surface area (Å²) >= 11 is 0. The molecule has 0 unspecified atom stereocenters. The number of amides is 3. The molecule has 3 heterocycles. The van der Waals surface area contributed by atoms with Crippen LogP contribution in [0.3, 0.4) is 0 Å². The molecule has 3 aliphatic heterocycles. The van der Waals surface area contributed by atoms with E-state index in [1.165, 1.54) is 33.4 Å². The minimum atomic E-state index is -0.371. The number of aliphatic imine (C=N–C) groups is 3. The summed E-state index contributed by atoms with van der Waals surface area (Å²) in [4.78, 5) is 100. The lowest BCUT2D eigenvalue weighted by Gasteiger charge is -2.29. The number of rotatable bonds is 36. The Kier molecular flexibility index (Phi) is 34.6. The quantitative estimate of drug-likeness (QED) is 0.00763. The molecule has 0 aliphatic carbocycles. The first-order valence-electron chi connectivity index (χ1n) is 45.6. The van der Waals surface area contributed by atoms with Gasteiger partial charge >= 0.3 is 0 Å². The van der Waals surface area contributed by atoms with Gasteiger partial charge in [0.05, 0.1) is 18.1 Å². The highest BCUT2D eigenvalue weighted by Crippen LogP contribution is 2.33. The molecule has 0 bridgehead atoms. The predicted octanol–water partition coefficient (Wildman–Crippen LogP) is 15.7. The van der Waals surface area contributed by atoms with Crippen molar-refractivity contribution in [2.45, 2.75) is 150 Å². The highest BCUT2D eigenvalue weighted by atomic mass is 16.2. The Balaban J connectivity index is 0.000000165. The van der Waals surface area contributed by atoms with Crippen molar-refractivity contribution in [3.63, 3.8) is 0 Å². The number of nitrogens with one attached hydrogen (secondary N) is 3. The topological polar surface area (TPSA) is 341 Å². The number of ketones is 3. The summed E-state index contributed by atoms with van der Waals surface area (Å²) in [6, 6.07) is 103. The van der Waals surface area contributed by atoms with Crippen molar-refractivity contribution in [3.8, 4) is 0 Å². The van der Waals surface area contributed by atoms with E-state index in [1.54, 1.807) is 0 Å². The van der Waals surface area contributed by atoms with Crippen LogP contribution in [-0.4, -0.2) is 163 Å². The number of fused-ring (bicyclic) bond motifs is 3. The predicted molar refractivity (Wildman–Crippen MR) is 522 cm³/mol. The number of carbonyl (C=O) groups is 6. The number of guanidine groups is 3. The third-order valence-corrected chi connectivity index (χ3v) is 25.0. The number of nitrogens with zero attached hydrogens (tertiary/aromatic N) is 6. The Morgan fingerprint density at radius 1 is 0.287 bits per heavy atom. The lowest BCUT2D eigenvalue weighted by molar-refractivity contribution is -0.133. The fourth-order valence-corrected chi connectivity index (χ4v) is 18.0. The second-order valence-corrected chi connectivity index (χ2v) is 34.0. The van der Waals surface area contributed by atoms with E-state index >= 15 is 0 Å². The highest BCUT2D eigenvalue weighted by Gasteiger charge is 2.37. The van der Waals surface area contributed by atoms with Crippen molar-refractivity contribution in [3.05, 3.63) is 359 Å². The molecule has 3 saturated heterocycles. The monoisotopic (exact) mass is 1730 g/mol. The van der Waals surface area contributed by atoms with Gasteiger partial charge in [-0.1, -0.05) is 291 Å². The zero-order valence-electron chi connectivity index (χ0n) is 73.7. The Morgan fingerprint density at radius 2 is 0.504 bits per heavy atom. The molecule has 666 valence electrons. The number of hydrogen-bond donors (Lipinski definition) is 9. The molecular weight excluding hydrogens is 1600 g/mol. The third-order valence-electron chi connectivity index (χ3n) is 25.0. The van der Waals surface area contributed by atoms with Crippen LogP contribution in [0.5, 0.6) is 0 Å². The van der Waals surface area contributed by atoms with E-state index in [4.69, 9.17) is 34.4 Å². The maximum absolute atomic E-state index is 14.0. The average molecular weight is 1730 g/mol. The fourth-order valence-electron chi connectivity index (χ4n) is 18.0. The number of benzene rings is 12. The van der Waals surface area contributed by atoms with Gasteiger partial charge in [-0.05, 0) is 161 Å². The van der Waals surface area contributed by atoms with Crippen LogP contribution in [0.2, 0.25) is 0 Å². The molecule has 0 radical (unpaired) electrons. The Morgan fingerprint density at radius 3 is 0.729 bits per heavy atom. The van der Waals surface area contributed by atoms with E-state index in [9.17, 15) is 28.8 Å². The first-order chi connectivity index (χ1) is 62.9. The van der Waals surface area contributed by atoms with Crippen LogP contribution in [0.15, 0.2) is 324 Å². The first-order valence-corrected chi connectivity index (χ1v) is 45.6. The first kappa shape index (κ1) is 93.2. The summed E-state index contributed by atoms with van der Waals surface area (Å²) in [6.45, 7) is 5.04. The normalized spacial score (nSPS) is 17.1. The number of carbonyl (C=O) groups excluding carboxylic acids is 6. The van der Waals surface area contributed by atoms with E-state index in [0.717, 1.165) is 68.3 Å². The van der Waals surface area contributed by atoms with Gasteiger partial charge < -0.3 is 65.1 Å². The molecule has 129 heavy (non-hydrogen) atoms. The van der Waals surface area contributed by atoms with E-state index in [-0.39, 0.29) is 107 Å². The van der Waals surface area contributed by atoms with Crippen molar-refractivity contribution in [1.29, 1.82) is 0 Å². The zero-order valence-corrected chi connectivity index (χ0v) is 73.7. The molecule has 3 fully saturated rings. The van der Waals surface area contributed by atoms with E-state index in [1.807, 2.05) is 233 Å². The van der Waals surface area contributed by atoms with Crippen molar-refractivity contribution >= 4 is 85.3 Å². The molecule has 6 atom stereocenters. The second-order valence-electron chi connectivity index (χ2n) is 34.0. The number of hydrogen-bond acceptors (Lipinski definition) is 12.